The Hall–Kier alpha value is -0.960. The molecule has 1 aliphatic carbocycles. The van der Waals surface area contributed by atoms with Gasteiger partial charge in [-0.1, -0.05) is 25.3 Å². The summed E-state index contributed by atoms with van der Waals surface area (Å²) in [6.07, 6.45) is 6.22. The number of hydrogen-bond acceptors (Lipinski definition) is 6. The third-order valence-corrected chi connectivity index (χ3v) is 8.30. The van der Waals surface area contributed by atoms with E-state index in [0.29, 0.717) is 25.6 Å². The molecule has 8 heteroatoms. The molecule has 1 aliphatic heterocycles. The van der Waals surface area contributed by atoms with Crippen LogP contribution in [0.3, 0.4) is 0 Å². The monoisotopic (exact) mass is 414 g/mol. The number of nitrogens with zero attached hydrogens (tertiary/aromatic N) is 2. The van der Waals surface area contributed by atoms with Gasteiger partial charge in [-0.25, -0.2) is 8.42 Å². The average Bonchev–Trinajstić information content (AvgIpc) is 3.29. The number of hydrogen-bond donors (Lipinski definition) is 1. The van der Waals surface area contributed by atoms with Crippen LogP contribution in [0.15, 0.2) is 17.5 Å². The first-order chi connectivity index (χ1) is 13.0. The lowest BCUT2D eigenvalue weighted by Crippen LogP contribution is -2.49. The molecule has 0 aromatic carbocycles. The lowest BCUT2D eigenvalue weighted by Gasteiger charge is -2.36. The maximum absolute atomic E-state index is 13.2. The van der Waals surface area contributed by atoms with Crippen molar-refractivity contribution in [1.82, 2.24) is 9.80 Å². The molecule has 2 fully saturated rings. The smallest absolute Gasteiger partial charge is 0.237 e. The maximum atomic E-state index is 13.2. The second-order valence-corrected chi connectivity index (χ2v) is 10.9. The van der Waals surface area contributed by atoms with Crippen LogP contribution < -0.4 is 0 Å². The number of thiophene rings is 1. The molecule has 1 saturated carbocycles. The van der Waals surface area contributed by atoms with Crippen LogP contribution in [0, 0.1) is 0 Å². The zero-order chi connectivity index (χ0) is 19.3. The standard InChI is InChI=1S/C19H30N2O4S2/c22-10-9-20(16-5-2-1-3-6-16)14-19(23)21(13-18-7-4-11-26-18)17-8-12-27(24,25)15-17/h4,7,11,16-17,22H,1-3,5-6,8-10,12-15H2. The summed E-state index contributed by atoms with van der Waals surface area (Å²) in [7, 11) is -3.06. The second kappa shape index (κ2) is 9.49. The van der Waals surface area contributed by atoms with Crippen molar-refractivity contribution in [3.63, 3.8) is 0 Å². The normalized spacial score (nSPS) is 23.0. The van der Waals surface area contributed by atoms with E-state index in [1.807, 2.05) is 17.5 Å². The topological polar surface area (TPSA) is 77.9 Å². The van der Waals surface area contributed by atoms with Crippen LogP contribution in [0.5, 0.6) is 0 Å². The van der Waals surface area contributed by atoms with Crippen molar-refractivity contribution in [2.24, 2.45) is 0 Å². The molecule has 1 unspecified atom stereocenters. The zero-order valence-corrected chi connectivity index (χ0v) is 17.4. The summed E-state index contributed by atoms with van der Waals surface area (Å²) in [4.78, 5) is 18.1. The van der Waals surface area contributed by atoms with Gasteiger partial charge >= 0.3 is 0 Å². The van der Waals surface area contributed by atoms with Gasteiger partial charge in [0, 0.05) is 23.5 Å². The van der Waals surface area contributed by atoms with Crippen molar-refractivity contribution in [3.05, 3.63) is 22.4 Å². The molecule has 1 atom stereocenters. The number of sulfone groups is 1. The number of aliphatic hydroxyl groups is 1. The molecule has 0 radical (unpaired) electrons. The third-order valence-electron chi connectivity index (χ3n) is 5.69. The minimum atomic E-state index is -3.06. The number of aliphatic hydroxyl groups excluding tert-OH is 1. The molecule has 1 aromatic rings. The molecule has 152 valence electrons. The number of rotatable bonds is 8. The summed E-state index contributed by atoms with van der Waals surface area (Å²) in [5, 5.41) is 11.4. The van der Waals surface area contributed by atoms with Crippen LogP contribution in [0.1, 0.15) is 43.4 Å². The van der Waals surface area contributed by atoms with Crippen molar-refractivity contribution in [3.8, 4) is 0 Å². The van der Waals surface area contributed by atoms with E-state index in [1.165, 1.54) is 19.3 Å². The molecule has 1 amide bonds. The Labute approximate surface area is 166 Å². The van der Waals surface area contributed by atoms with Crippen molar-refractivity contribution in [1.29, 1.82) is 0 Å². The molecule has 1 N–H and O–H groups in total. The lowest BCUT2D eigenvalue weighted by molar-refractivity contribution is -0.135. The van der Waals surface area contributed by atoms with Gasteiger partial charge in [0.15, 0.2) is 9.84 Å². The van der Waals surface area contributed by atoms with Crippen LogP contribution >= 0.6 is 11.3 Å². The fraction of sp³-hybridized carbons (Fsp3) is 0.737. The van der Waals surface area contributed by atoms with E-state index in [0.717, 1.165) is 17.7 Å². The molecule has 1 aromatic heterocycles. The first-order valence-electron chi connectivity index (χ1n) is 9.85. The van der Waals surface area contributed by atoms with Crippen molar-refractivity contribution >= 4 is 27.1 Å². The van der Waals surface area contributed by atoms with Gasteiger partial charge < -0.3 is 10.0 Å². The van der Waals surface area contributed by atoms with Gasteiger partial charge in [-0.3, -0.25) is 9.69 Å². The number of amides is 1. The maximum Gasteiger partial charge on any atom is 0.237 e. The fourth-order valence-corrected chi connectivity index (χ4v) is 6.68. The zero-order valence-electron chi connectivity index (χ0n) is 15.8. The third kappa shape index (κ3) is 5.76. The largest absolute Gasteiger partial charge is 0.395 e. The highest BCUT2D eigenvalue weighted by atomic mass is 32.2. The van der Waals surface area contributed by atoms with E-state index in [2.05, 4.69) is 4.90 Å². The highest BCUT2D eigenvalue weighted by Crippen LogP contribution is 2.25. The SMILES string of the molecule is O=C(CN(CCO)C1CCCCC1)N(Cc1cccs1)C1CCS(=O)(=O)C1. The van der Waals surface area contributed by atoms with Crippen molar-refractivity contribution < 1.29 is 18.3 Å². The predicted octanol–water partition coefficient (Wildman–Crippen LogP) is 1.89. The van der Waals surface area contributed by atoms with Crippen LogP contribution in [0.25, 0.3) is 0 Å². The van der Waals surface area contributed by atoms with Gasteiger partial charge in [-0.2, -0.15) is 0 Å². The molecule has 2 heterocycles. The summed E-state index contributed by atoms with van der Waals surface area (Å²) < 4.78 is 23.9. The molecule has 0 spiro atoms. The highest BCUT2D eigenvalue weighted by molar-refractivity contribution is 7.91. The summed E-state index contributed by atoms with van der Waals surface area (Å²) >= 11 is 1.59. The minimum Gasteiger partial charge on any atom is -0.395 e. The molecule has 0 bridgehead atoms. The van der Waals surface area contributed by atoms with E-state index in [9.17, 15) is 18.3 Å². The second-order valence-electron chi connectivity index (χ2n) is 7.64. The van der Waals surface area contributed by atoms with E-state index >= 15 is 0 Å². The summed E-state index contributed by atoms with van der Waals surface area (Å²) in [6.45, 7) is 1.25. The molecular formula is C19H30N2O4S2. The minimum absolute atomic E-state index is 0.0236. The molecular weight excluding hydrogens is 384 g/mol. The number of carbonyl (C=O) groups excluding carboxylic acids is 1. The molecule has 27 heavy (non-hydrogen) atoms. The average molecular weight is 415 g/mol. The fourth-order valence-electron chi connectivity index (χ4n) is 4.24. The lowest BCUT2D eigenvalue weighted by atomic mass is 9.94. The van der Waals surface area contributed by atoms with Gasteiger partial charge in [0.1, 0.15) is 0 Å². The van der Waals surface area contributed by atoms with E-state index in [-0.39, 0.29) is 36.6 Å². The Balaban J connectivity index is 1.72. The van der Waals surface area contributed by atoms with Crippen molar-refractivity contribution in [2.75, 3.05) is 31.2 Å². The first-order valence-corrected chi connectivity index (χ1v) is 12.6. The van der Waals surface area contributed by atoms with Crippen molar-refractivity contribution in [2.45, 2.75) is 57.2 Å². The molecule has 2 aliphatic rings. The van der Waals surface area contributed by atoms with Crippen LogP contribution in [0.4, 0.5) is 0 Å². The Morgan fingerprint density at radius 1 is 1.19 bits per heavy atom. The quantitative estimate of drug-likeness (QED) is 0.703. The van der Waals surface area contributed by atoms with Crippen LogP contribution in [-0.4, -0.2) is 72.5 Å². The van der Waals surface area contributed by atoms with Gasteiger partial charge in [0.05, 0.1) is 31.2 Å². The first kappa shape index (κ1) is 20.8. The molecule has 1 saturated heterocycles. The van der Waals surface area contributed by atoms with Crippen LogP contribution in [-0.2, 0) is 21.2 Å². The summed E-state index contributed by atoms with van der Waals surface area (Å²) in [6, 6.07) is 4.03. The Kier molecular flexibility index (Phi) is 7.30. The van der Waals surface area contributed by atoms with E-state index < -0.39 is 9.84 Å². The summed E-state index contributed by atoms with van der Waals surface area (Å²) in [5.41, 5.74) is 0. The molecule has 6 nitrogen and oxygen atoms in total. The molecule has 3 rings (SSSR count). The van der Waals surface area contributed by atoms with Gasteiger partial charge in [-0.05, 0) is 30.7 Å². The predicted molar refractivity (Wildman–Crippen MR) is 107 cm³/mol. The Bertz CT molecular complexity index is 699. The van der Waals surface area contributed by atoms with E-state index in [4.69, 9.17) is 0 Å². The Morgan fingerprint density at radius 3 is 2.56 bits per heavy atom. The Morgan fingerprint density at radius 2 is 1.96 bits per heavy atom. The van der Waals surface area contributed by atoms with Gasteiger partial charge in [0.25, 0.3) is 0 Å². The number of carbonyl (C=O) groups is 1. The van der Waals surface area contributed by atoms with Gasteiger partial charge in [-0.15, -0.1) is 11.3 Å². The van der Waals surface area contributed by atoms with Gasteiger partial charge in [0.2, 0.25) is 5.91 Å². The summed E-state index contributed by atoms with van der Waals surface area (Å²) in [5.74, 6) is 0.201. The van der Waals surface area contributed by atoms with E-state index in [1.54, 1.807) is 16.2 Å². The highest BCUT2D eigenvalue weighted by Gasteiger charge is 2.35. The van der Waals surface area contributed by atoms with Crippen LogP contribution in [0.2, 0.25) is 0 Å².